The van der Waals surface area contributed by atoms with Crippen LogP contribution in [0.25, 0.3) is 5.69 Å². The largest absolute Gasteiger partial charge is 0.351 e. The van der Waals surface area contributed by atoms with Gasteiger partial charge >= 0.3 is 0 Å². The van der Waals surface area contributed by atoms with Crippen LogP contribution in [-0.4, -0.2) is 47.2 Å². The van der Waals surface area contributed by atoms with Crippen molar-refractivity contribution in [3.8, 4) is 5.69 Å². The number of benzene rings is 1. The maximum absolute atomic E-state index is 12.0. The van der Waals surface area contributed by atoms with E-state index in [1.807, 2.05) is 59.6 Å². The van der Waals surface area contributed by atoms with Gasteiger partial charge in [0.2, 0.25) is 5.91 Å². The van der Waals surface area contributed by atoms with Crippen LogP contribution in [0.1, 0.15) is 16.1 Å². The van der Waals surface area contributed by atoms with Gasteiger partial charge in [-0.25, -0.2) is 9.67 Å². The van der Waals surface area contributed by atoms with E-state index < -0.39 is 0 Å². The Balaban J connectivity index is 1.75. The second kappa shape index (κ2) is 9.88. The number of para-hydroxylation sites is 1. The monoisotopic (exact) mass is 410 g/mol. The molecule has 8 heteroatoms. The van der Waals surface area contributed by atoms with Gasteiger partial charge in [0, 0.05) is 25.2 Å². The van der Waals surface area contributed by atoms with E-state index in [1.54, 1.807) is 30.3 Å². The fourth-order valence-electron chi connectivity index (χ4n) is 2.66. The summed E-state index contributed by atoms with van der Waals surface area (Å²) in [6, 6.07) is 14.1. The SMILES string of the molecule is Cc1ccn(-c2ccccc2CN=C(NCC(=O)N(C)C)NCc2cccs2)n1. The number of aliphatic imine (C=N–C) groups is 1. The van der Waals surface area contributed by atoms with Crippen LogP contribution < -0.4 is 10.6 Å². The van der Waals surface area contributed by atoms with Crippen molar-refractivity contribution in [1.82, 2.24) is 25.3 Å². The van der Waals surface area contributed by atoms with Crippen molar-refractivity contribution in [2.24, 2.45) is 4.99 Å². The molecule has 0 atom stereocenters. The Morgan fingerprint density at radius 3 is 2.69 bits per heavy atom. The van der Waals surface area contributed by atoms with Gasteiger partial charge in [0.15, 0.2) is 5.96 Å². The first-order valence-corrected chi connectivity index (χ1v) is 10.3. The Hall–Kier alpha value is -3.13. The Kier molecular flexibility index (Phi) is 7.02. The average molecular weight is 411 g/mol. The molecule has 0 fully saturated rings. The molecule has 0 radical (unpaired) electrons. The summed E-state index contributed by atoms with van der Waals surface area (Å²) in [6.45, 7) is 3.27. The van der Waals surface area contributed by atoms with Crippen LogP contribution in [0.4, 0.5) is 0 Å². The van der Waals surface area contributed by atoms with Gasteiger partial charge in [0.05, 0.1) is 31.0 Å². The zero-order valence-electron chi connectivity index (χ0n) is 16.9. The third-order valence-corrected chi connectivity index (χ3v) is 5.16. The molecule has 0 saturated heterocycles. The van der Waals surface area contributed by atoms with Crippen molar-refractivity contribution in [2.75, 3.05) is 20.6 Å². The lowest BCUT2D eigenvalue weighted by molar-refractivity contribution is -0.127. The number of nitrogens with zero attached hydrogens (tertiary/aromatic N) is 4. The Morgan fingerprint density at radius 1 is 1.17 bits per heavy atom. The summed E-state index contributed by atoms with van der Waals surface area (Å²) in [5.74, 6) is 0.586. The summed E-state index contributed by atoms with van der Waals surface area (Å²) in [5.41, 5.74) is 3.00. The van der Waals surface area contributed by atoms with E-state index in [-0.39, 0.29) is 12.5 Å². The zero-order valence-corrected chi connectivity index (χ0v) is 17.7. The lowest BCUT2D eigenvalue weighted by atomic mass is 10.2. The molecule has 1 amide bonds. The van der Waals surface area contributed by atoms with E-state index in [2.05, 4.69) is 21.8 Å². The number of nitrogens with one attached hydrogen (secondary N) is 2. The molecular formula is C21H26N6OS. The van der Waals surface area contributed by atoms with Crippen LogP contribution in [0.3, 0.4) is 0 Å². The van der Waals surface area contributed by atoms with Gasteiger partial charge in [-0.15, -0.1) is 11.3 Å². The number of thiophene rings is 1. The van der Waals surface area contributed by atoms with Crippen molar-refractivity contribution in [3.63, 3.8) is 0 Å². The quantitative estimate of drug-likeness (QED) is 0.464. The van der Waals surface area contributed by atoms with Gasteiger partial charge in [-0.2, -0.15) is 5.10 Å². The molecule has 3 aromatic rings. The van der Waals surface area contributed by atoms with E-state index in [0.29, 0.717) is 19.0 Å². The number of hydrogen-bond acceptors (Lipinski definition) is 4. The third kappa shape index (κ3) is 5.92. The van der Waals surface area contributed by atoms with Crippen molar-refractivity contribution in [2.45, 2.75) is 20.0 Å². The molecule has 2 heterocycles. The molecule has 29 heavy (non-hydrogen) atoms. The highest BCUT2D eigenvalue weighted by Gasteiger charge is 2.08. The van der Waals surface area contributed by atoms with Crippen molar-refractivity contribution in [1.29, 1.82) is 0 Å². The van der Waals surface area contributed by atoms with Crippen LogP contribution in [0.15, 0.2) is 59.0 Å². The van der Waals surface area contributed by atoms with Gasteiger partial charge in [0.25, 0.3) is 0 Å². The van der Waals surface area contributed by atoms with Crippen molar-refractivity contribution >= 4 is 23.2 Å². The minimum atomic E-state index is -0.0111. The number of amides is 1. The van der Waals surface area contributed by atoms with Crippen LogP contribution in [0, 0.1) is 6.92 Å². The molecule has 0 aliphatic rings. The summed E-state index contributed by atoms with van der Waals surface area (Å²) in [7, 11) is 3.48. The maximum atomic E-state index is 12.0. The van der Waals surface area contributed by atoms with Crippen molar-refractivity contribution in [3.05, 3.63) is 70.2 Å². The third-order valence-electron chi connectivity index (χ3n) is 4.28. The number of carbonyl (C=O) groups is 1. The van der Waals surface area contributed by atoms with E-state index in [4.69, 9.17) is 4.99 Å². The van der Waals surface area contributed by atoms with E-state index in [0.717, 1.165) is 16.9 Å². The summed E-state index contributed by atoms with van der Waals surface area (Å²) in [5, 5.41) is 13.0. The first-order valence-electron chi connectivity index (χ1n) is 9.38. The zero-order chi connectivity index (χ0) is 20.6. The molecule has 0 aliphatic heterocycles. The van der Waals surface area contributed by atoms with Crippen LogP contribution in [0.2, 0.25) is 0 Å². The lowest BCUT2D eigenvalue weighted by Gasteiger charge is -2.15. The molecule has 0 bridgehead atoms. The van der Waals surface area contributed by atoms with E-state index >= 15 is 0 Å². The number of carbonyl (C=O) groups excluding carboxylic acids is 1. The molecule has 0 unspecified atom stereocenters. The fraction of sp³-hybridized carbons (Fsp3) is 0.286. The maximum Gasteiger partial charge on any atom is 0.241 e. The topological polar surface area (TPSA) is 74.6 Å². The molecule has 0 saturated carbocycles. The number of hydrogen-bond donors (Lipinski definition) is 2. The summed E-state index contributed by atoms with van der Waals surface area (Å²) < 4.78 is 1.86. The number of aromatic nitrogens is 2. The Bertz CT molecular complexity index is 961. The average Bonchev–Trinajstić information content (AvgIpc) is 3.39. The summed E-state index contributed by atoms with van der Waals surface area (Å²) >= 11 is 1.68. The molecule has 2 N–H and O–H groups in total. The minimum absolute atomic E-state index is 0.0111. The van der Waals surface area contributed by atoms with Crippen LogP contribution in [0.5, 0.6) is 0 Å². The van der Waals surface area contributed by atoms with Gasteiger partial charge < -0.3 is 15.5 Å². The molecule has 2 aromatic heterocycles. The normalized spacial score (nSPS) is 11.3. The molecule has 3 rings (SSSR count). The summed E-state index contributed by atoms with van der Waals surface area (Å²) in [4.78, 5) is 19.4. The number of guanidine groups is 1. The second-order valence-corrected chi connectivity index (χ2v) is 7.80. The summed E-state index contributed by atoms with van der Waals surface area (Å²) in [6.07, 6.45) is 1.95. The molecule has 0 aliphatic carbocycles. The van der Waals surface area contributed by atoms with Gasteiger partial charge in [0.1, 0.15) is 0 Å². The molecular weight excluding hydrogens is 384 g/mol. The fourth-order valence-corrected chi connectivity index (χ4v) is 3.30. The van der Waals surface area contributed by atoms with E-state index in [9.17, 15) is 4.79 Å². The standard InChI is InChI=1S/C21H26N6OS/c1-16-10-11-27(25-16)19-9-5-4-7-17(19)13-22-21(24-15-20(28)26(2)3)23-14-18-8-6-12-29-18/h4-12H,13-15H2,1-3H3,(H2,22,23,24). The van der Waals surface area contributed by atoms with Gasteiger partial charge in [-0.3, -0.25) is 4.79 Å². The second-order valence-electron chi connectivity index (χ2n) is 6.77. The molecule has 1 aromatic carbocycles. The van der Waals surface area contributed by atoms with Crippen LogP contribution >= 0.6 is 11.3 Å². The number of aryl methyl sites for hydroxylation is 1. The lowest BCUT2D eigenvalue weighted by Crippen LogP contribution is -2.42. The highest BCUT2D eigenvalue weighted by molar-refractivity contribution is 7.09. The number of likely N-dealkylation sites (N-methyl/N-ethyl adjacent to an activating group) is 1. The van der Waals surface area contributed by atoms with Crippen LogP contribution in [-0.2, 0) is 17.9 Å². The Labute approximate surface area is 175 Å². The predicted molar refractivity (Wildman–Crippen MR) is 117 cm³/mol. The molecule has 7 nitrogen and oxygen atoms in total. The molecule has 0 spiro atoms. The Morgan fingerprint density at radius 2 is 2.00 bits per heavy atom. The molecule has 152 valence electrons. The number of rotatable bonds is 7. The minimum Gasteiger partial charge on any atom is -0.351 e. The highest BCUT2D eigenvalue weighted by Crippen LogP contribution is 2.15. The first kappa shape index (κ1) is 20.6. The first-order chi connectivity index (χ1) is 14.0. The van der Waals surface area contributed by atoms with Gasteiger partial charge in [-0.1, -0.05) is 24.3 Å². The van der Waals surface area contributed by atoms with Crippen molar-refractivity contribution < 1.29 is 4.79 Å². The highest BCUT2D eigenvalue weighted by atomic mass is 32.1. The predicted octanol–water partition coefficient (Wildman–Crippen LogP) is 2.57. The smallest absolute Gasteiger partial charge is 0.241 e. The van der Waals surface area contributed by atoms with Gasteiger partial charge in [-0.05, 0) is 36.1 Å². The van der Waals surface area contributed by atoms with E-state index in [1.165, 1.54) is 4.88 Å².